The van der Waals surface area contributed by atoms with Gasteiger partial charge in [0.25, 0.3) is 10.0 Å². The summed E-state index contributed by atoms with van der Waals surface area (Å²) < 4.78 is 26.8. The van der Waals surface area contributed by atoms with Gasteiger partial charge >= 0.3 is 0 Å². The van der Waals surface area contributed by atoms with Crippen LogP contribution in [-0.4, -0.2) is 30.7 Å². The van der Waals surface area contributed by atoms with Gasteiger partial charge < -0.3 is 5.11 Å². The van der Waals surface area contributed by atoms with Crippen LogP contribution in [0, 0.1) is 6.92 Å². The highest BCUT2D eigenvalue weighted by Gasteiger charge is 2.28. The molecule has 2 atom stereocenters. The van der Waals surface area contributed by atoms with E-state index in [1.807, 2.05) is 0 Å². The number of hydrogen-bond donors (Lipinski definition) is 2. The third kappa shape index (κ3) is 3.04. The number of nitrogens with one attached hydrogen (secondary N) is 1. The van der Waals surface area contributed by atoms with Gasteiger partial charge in [0.1, 0.15) is 0 Å². The van der Waals surface area contributed by atoms with E-state index in [1.54, 1.807) is 6.92 Å². The van der Waals surface area contributed by atoms with E-state index in [0.29, 0.717) is 12.8 Å². The Balaban J connectivity index is 2.11. The molecule has 0 aromatic carbocycles. The Kier molecular flexibility index (Phi) is 3.82. The number of aryl methyl sites for hydroxylation is 1. The molecule has 0 aliphatic heterocycles. The minimum absolute atomic E-state index is 0.216. The average Bonchev–Trinajstić information content (AvgIpc) is 2.69. The van der Waals surface area contributed by atoms with Crippen molar-refractivity contribution >= 4 is 21.4 Å². The quantitative estimate of drug-likeness (QED) is 0.864. The number of aliphatic hydroxyl groups is 1. The van der Waals surface area contributed by atoms with Crippen molar-refractivity contribution in [1.29, 1.82) is 0 Å². The van der Waals surface area contributed by atoms with E-state index in [-0.39, 0.29) is 10.3 Å². The first kappa shape index (κ1) is 12.9. The first-order chi connectivity index (χ1) is 7.99. The summed E-state index contributed by atoms with van der Waals surface area (Å²) in [5.74, 6) is 0. The molecule has 1 aromatic rings. The molecule has 96 valence electrons. The smallest absolute Gasteiger partial charge is 0.252 e. The van der Waals surface area contributed by atoms with Gasteiger partial charge in [0.2, 0.25) is 0 Å². The predicted molar refractivity (Wildman–Crippen MR) is 65.4 cm³/mol. The fourth-order valence-corrected chi connectivity index (χ4v) is 4.40. The maximum Gasteiger partial charge on any atom is 0.252 e. The Morgan fingerprint density at radius 2 is 2.18 bits per heavy atom. The molecule has 0 spiro atoms. The molecule has 1 saturated carbocycles. The van der Waals surface area contributed by atoms with Crippen LogP contribution >= 0.6 is 11.3 Å². The predicted octanol–water partition coefficient (Wildman–Crippen LogP) is 1.03. The van der Waals surface area contributed by atoms with Crippen LogP contribution in [0.5, 0.6) is 0 Å². The van der Waals surface area contributed by atoms with Crippen LogP contribution in [0.2, 0.25) is 0 Å². The Morgan fingerprint density at radius 1 is 1.47 bits per heavy atom. The molecule has 2 N–H and O–H groups in total. The van der Waals surface area contributed by atoms with Gasteiger partial charge in [-0.15, -0.1) is 11.3 Å². The summed E-state index contributed by atoms with van der Waals surface area (Å²) >= 11 is 1.14. The van der Waals surface area contributed by atoms with Crippen LogP contribution in [0.25, 0.3) is 0 Å². The maximum atomic E-state index is 12.0. The van der Waals surface area contributed by atoms with Gasteiger partial charge in [-0.1, -0.05) is 12.8 Å². The summed E-state index contributed by atoms with van der Waals surface area (Å²) in [6.45, 7) is 1.76. The van der Waals surface area contributed by atoms with Gasteiger partial charge in [-0.05, 0) is 19.8 Å². The van der Waals surface area contributed by atoms with Crippen LogP contribution in [0.1, 0.15) is 30.7 Å². The van der Waals surface area contributed by atoms with Crippen LogP contribution in [0.4, 0.5) is 0 Å². The summed E-state index contributed by atoms with van der Waals surface area (Å²) in [4.78, 5) is 3.93. The fourth-order valence-electron chi connectivity index (χ4n) is 1.97. The van der Waals surface area contributed by atoms with Crippen molar-refractivity contribution in [2.75, 3.05) is 0 Å². The van der Waals surface area contributed by atoms with Gasteiger partial charge in [0.05, 0.1) is 17.3 Å². The Morgan fingerprint density at radius 3 is 2.76 bits per heavy atom. The third-order valence-electron chi connectivity index (χ3n) is 2.90. The second kappa shape index (κ2) is 5.01. The molecule has 1 aliphatic rings. The first-order valence-electron chi connectivity index (χ1n) is 5.62. The van der Waals surface area contributed by atoms with Crippen molar-refractivity contribution in [3.05, 3.63) is 11.2 Å². The lowest BCUT2D eigenvalue weighted by Gasteiger charge is -2.27. The van der Waals surface area contributed by atoms with Crippen molar-refractivity contribution in [1.82, 2.24) is 9.71 Å². The molecule has 1 aromatic heterocycles. The summed E-state index contributed by atoms with van der Waals surface area (Å²) in [6, 6.07) is -0.365. The van der Waals surface area contributed by atoms with Crippen molar-refractivity contribution in [2.24, 2.45) is 0 Å². The van der Waals surface area contributed by atoms with E-state index in [0.717, 1.165) is 29.2 Å². The molecule has 7 heteroatoms. The van der Waals surface area contributed by atoms with E-state index < -0.39 is 16.1 Å². The molecule has 1 heterocycles. The number of hydrogen-bond acceptors (Lipinski definition) is 5. The monoisotopic (exact) mass is 276 g/mol. The molecular weight excluding hydrogens is 260 g/mol. The first-order valence-corrected chi connectivity index (χ1v) is 7.92. The second-order valence-corrected chi connectivity index (χ2v) is 7.45. The Bertz CT molecular complexity index is 483. The van der Waals surface area contributed by atoms with Crippen LogP contribution in [-0.2, 0) is 10.0 Å². The SMILES string of the molecule is Cc1ncc(S(=O)(=O)NC2CCCCC2O)s1. The van der Waals surface area contributed by atoms with E-state index in [9.17, 15) is 13.5 Å². The molecule has 0 amide bonds. The topological polar surface area (TPSA) is 79.3 Å². The standard InChI is InChI=1S/C10H16N2O3S2/c1-7-11-6-10(16-7)17(14,15)12-8-4-2-3-5-9(8)13/h6,8-9,12-13H,2-5H2,1H3. The van der Waals surface area contributed by atoms with E-state index in [4.69, 9.17) is 0 Å². The normalized spacial score (nSPS) is 26.0. The van der Waals surface area contributed by atoms with Gasteiger partial charge in [-0.25, -0.2) is 18.1 Å². The Labute approximate surface area is 105 Å². The van der Waals surface area contributed by atoms with Crippen molar-refractivity contribution < 1.29 is 13.5 Å². The highest BCUT2D eigenvalue weighted by atomic mass is 32.2. The summed E-state index contributed by atoms with van der Waals surface area (Å²) in [5.41, 5.74) is 0. The van der Waals surface area contributed by atoms with Crippen LogP contribution in [0.3, 0.4) is 0 Å². The maximum absolute atomic E-state index is 12.0. The largest absolute Gasteiger partial charge is 0.391 e. The number of aromatic nitrogens is 1. The lowest BCUT2D eigenvalue weighted by molar-refractivity contribution is 0.101. The zero-order valence-electron chi connectivity index (χ0n) is 9.59. The summed E-state index contributed by atoms with van der Waals surface area (Å²) in [7, 11) is -3.53. The molecule has 17 heavy (non-hydrogen) atoms. The van der Waals surface area contributed by atoms with E-state index in [1.165, 1.54) is 6.20 Å². The summed E-state index contributed by atoms with van der Waals surface area (Å²) in [6.07, 6.45) is 4.04. The zero-order valence-corrected chi connectivity index (χ0v) is 11.2. The zero-order chi connectivity index (χ0) is 12.5. The highest BCUT2D eigenvalue weighted by Crippen LogP contribution is 2.22. The Hall–Kier alpha value is -0.500. The third-order valence-corrected chi connectivity index (χ3v) is 5.76. The molecular formula is C10H16N2O3S2. The number of sulfonamides is 1. The number of nitrogens with zero attached hydrogens (tertiary/aromatic N) is 1. The fraction of sp³-hybridized carbons (Fsp3) is 0.700. The van der Waals surface area contributed by atoms with E-state index >= 15 is 0 Å². The van der Waals surface area contributed by atoms with Gasteiger partial charge in [0, 0.05) is 6.04 Å². The van der Waals surface area contributed by atoms with Gasteiger partial charge in [0.15, 0.2) is 4.21 Å². The lowest BCUT2D eigenvalue weighted by Crippen LogP contribution is -2.44. The van der Waals surface area contributed by atoms with Crippen molar-refractivity contribution in [2.45, 2.75) is 49.0 Å². The molecule has 2 unspecified atom stereocenters. The number of aliphatic hydroxyl groups excluding tert-OH is 1. The van der Waals surface area contributed by atoms with Crippen LogP contribution in [0.15, 0.2) is 10.4 Å². The number of thiazole rings is 1. The molecule has 0 radical (unpaired) electrons. The van der Waals surface area contributed by atoms with Crippen LogP contribution < -0.4 is 4.72 Å². The minimum Gasteiger partial charge on any atom is -0.391 e. The van der Waals surface area contributed by atoms with Gasteiger partial charge in [-0.2, -0.15) is 0 Å². The number of rotatable bonds is 3. The minimum atomic E-state index is -3.53. The van der Waals surface area contributed by atoms with E-state index in [2.05, 4.69) is 9.71 Å². The summed E-state index contributed by atoms with van der Waals surface area (Å²) in [5, 5.41) is 10.5. The lowest BCUT2D eigenvalue weighted by atomic mass is 9.93. The molecule has 0 bridgehead atoms. The van der Waals surface area contributed by atoms with Gasteiger partial charge in [-0.3, -0.25) is 0 Å². The second-order valence-electron chi connectivity index (χ2n) is 4.28. The molecule has 0 saturated heterocycles. The molecule has 1 fully saturated rings. The highest BCUT2D eigenvalue weighted by molar-refractivity contribution is 7.91. The molecule has 5 nitrogen and oxygen atoms in total. The van der Waals surface area contributed by atoms with Crippen molar-refractivity contribution in [3.8, 4) is 0 Å². The van der Waals surface area contributed by atoms with Crippen molar-refractivity contribution in [3.63, 3.8) is 0 Å². The molecule has 1 aliphatic carbocycles. The average molecular weight is 276 g/mol. The molecule has 2 rings (SSSR count).